The Kier molecular flexibility index (Phi) is 6.18. The first-order valence-corrected chi connectivity index (χ1v) is 9.78. The number of nitrogens with one attached hydrogen (secondary N) is 1. The van der Waals surface area contributed by atoms with Crippen molar-refractivity contribution >= 4 is 57.3 Å². The van der Waals surface area contributed by atoms with Crippen molar-refractivity contribution in [2.75, 3.05) is 5.32 Å². The maximum Gasteiger partial charge on any atom is 1.00 e. The third kappa shape index (κ3) is 3.49. The molecule has 1 aromatic carbocycles. The van der Waals surface area contributed by atoms with Crippen LogP contribution < -0.4 is 40.0 Å². The van der Waals surface area contributed by atoms with Crippen molar-refractivity contribution in [1.29, 1.82) is 0 Å². The molecule has 0 bridgehead atoms. The molecule has 4 rings (SSSR count). The van der Waals surface area contributed by atoms with Crippen molar-refractivity contribution < 1.29 is 54.2 Å². The van der Waals surface area contributed by atoms with Crippen LogP contribution in [0.5, 0.6) is 0 Å². The summed E-state index contributed by atoms with van der Waals surface area (Å²) in [4.78, 5) is 40.6. The largest absolute Gasteiger partial charge is 1.00 e. The minimum absolute atomic E-state index is 0. The van der Waals surface area contributed by atoms with Gasteiger partial charge in [-0.2, -0.15) is 0 Å². The Hall–Kier alpha value is -1.43. The zero-order valence-corrected chi connectivity index (χ0v) is 18.7. The van der Waals surface area contributed by atoms with Crippen molar-refractivity contribution in [2.24, 2.45) is 5.92 Å². The molecule has 2 aromatic rings. The third-order valence-electron chi connectivity index (χ3n) is 4.69. The molecule has 0 saturated carbocycles. The molecule has 0 spiro atoms. The molecule has 1 fully saturated rings. The molecular formula is C17H14N3NaO5S2. The van der Waals surface area contributed by atoms with E-state index in [9.17, 15) is 24.6 Å². The summed E-state index contributed by atoms with van der Waals surface area (Å²) >= 11 is 2.56. The normalized spacial score (nSPS) is 21.8. The Morgan fingerprint density at radius 2 is 2.29 bits per heavy atom. The number of carbonyl (C=O) groups excluding carboxylic acids is 3. The van der Waals surface area contributed by atoms with Gasteiger partial charge < -0.3 is 25.2 Å². The monoisotopic (exact) mass is 427 g/mol. The molecule has 28 heavy (non-hydrogen) atoms. The van der Waals surface area contributed by atoms with Gasteiger partial charge in [0.15, 0.2) is 4.34 Å². The fourth-order valence-corrected chi connectivity index (χ4v) is 5.88. The number of rotatable bonds is 6. The van der Waals surface area contributed by atoms with Crippen LogP contribution in [0.3, 0.4) is 0 Å². The molecule has 0 unspecified atom stereocenters. The second-order valence-electron chi connectivity index (χ2n) is 6.33. The van der Waals surface area contributed by atoms with Gasteiger partial charge in [-0.25, -0.2) is 4.98 Å². The molecule has 8 nitrogen and oxygen atoms in total. The molecule has 1 saturated heterocycles. The molecule has 1 aromatic heterocycles. The SMILES string of the molecule is C[C@@H](O)[C@H]1C(=O)N2C(C(=O)[O-])=C(Sc3nc4ccc(NC=O)cc4s3)C[C@H]12.[Na+]. The minimum atomic E-state index is -1.41. The van der Waals surface area contributed by atoms with Gasteiger partial charge in [0.05, 0.1) is 39.9 Å². The Balaban J connectivity index is 0.00000225. The van der Waals surface area contributed by atoms with E-state index in [0.29, 0.717) is 27.8 Å². The molecule has 2 aliphatic heterocycles. The molecule has 3 heterocycles. The van der Waals surface area contributed by atoms with Crippen molar-refractivity contribution in [2.45, 2.75) is 29.8 Å². The Bertz CT molecular complexity index is 1010. The predicted octanol–water partition coefficient (Wildman–Crippen LogP) is -2.47. The molecule has 11 heteroatoms. The quantitative estimate of drug-likeness (QED) is 0.298. The molecule has 2 N–H and O–H groups in total. The summed E-state index contributed by atoms with van der Waals surface area (Å²) in [6.45, 7) is 1.53. The first kappa shape index (κ1) is 21.3. The number of thioether (sulfide) groups is 1. The summed E-state index contributed by atoms with van der Waals surface area (Å²) in [5, 5.41) is 24.0. The number of β-lactam (4-membered cyclic amide) rings is 1. The number of carbonyl (C=O) groups is 3. The van der Waals surface area contributed by atoms with E-state index in [4.69, 9.17) is 0 Å². The topological polar surface area (TPSA) is 123 Å². The van der Waals surface area contributed by atoms with Crippen LogP contribution in [0.2, 0.25) is 0 Å². The fourth-order valence-electron chi connectivity index (χ4n) is 3.52. The number of thiazole rings is 1. The van der Waals surface area contributed by atoms with Gasteiger partial charge in [-0.05, 0) is 25.1 Å². The Morgan fingerprint density at radius 3 is 2.93 bits per heavy atom. The van der Waals surface area contributed by atoms with Gasteiger partial charge in [0.2, 0.25) is 12.3 Å². The van der Waals surface area contributed by atoms with Crippen LogP contribution in [0.15, 0.2) is 33.1 Å². The van der Waals surface area contributed by atoms with Gasteiger partial charge >= 0.3 is 29.6 Å². The maximum absolute atomic E-state index is 12.2. The molecular weight excluding hydrogens is 413 g/mol. The predicted molar refractivity (Wildman–Crippen MR) is 97.6 cm³/mol. The van der Waals surface area contributed by atoms with Crippen molar-refractivity contribution in [1.82, 2.24) is 9.88 Å². The molecule has 2 aliphatic rings. The van der Waals surface area contributed by atoms with Gasteiger partial charge in [-0.15, -0.1) is 11.3 Å². The van der Waals surface area contributed by atoms with E-state index in [1.54, 1.807) is 18.2 Å². The number of benzene rings is 1. The Morgan fingerprint density at radius 1 is 1.54 bits per heavy atom. The number of nitrogens with zero attached hydrogens (tertiary/aromatic N) is 2. The zero-order valence-electron chi connectivity index (χ0n) is 15.0. The number of amides is 2. The summed E-state index contributed by atoms with van der Waals surface area (Å²) in [6.07, 6.45) is 0.105. The number of aliphatic hydroxyl groups is 1. The second-order valence-corrected chi connectivity index (χ2v) is 8.70. The van der Waals surface area contributed by atoms with E-state index in [1.165, 1.54) is 34.9 Å². The Labute approximate surface area is 190 Å². The van der Waals surface area contributed by atoms with Crippen molar-refractivity contribution in [3.05, 3.63) is 28.8 Å². The number of fused-ring (bicyclic) bond motifs is 2. The van der Waals surface area contributed by atoms with E-state index >= 15 is 0 Å². The average molecular weight is 427 g/mol. The van der Waals surface area contributed by atoms with Gasteiger partial charge in [0, 0.05) is 17.0 Å². The number of hydrogen-bond acceptors (Lipinski definition) is 8. The molecule has 2 amide bonds. The standard InChI is InChI=1S/C17H15N3O5S2.Na/c1-7(22)13-10-5-12(14(16(24)25)20(10)15(13)23)27-17-19-9-3-2-8(18-6-21)4-11(9)26-17;/h2-4,6-7,10,13,22H,5H2,1H3,(H,18,21)(H,24,25);/q;+1/p-1/t7-,10-,13-;/m1./s1. The number of aromatic nitrogens is 1. The van der Waals surface area contributed by atoms with Gasteiger partial charge in [-0.1, -0.05) is 11.8 Å². The number of hydrogen-bond donors (Lipinski definition) is 2. The number of carboxylic acids is 1. The molecule has 3 atom stereocenters. The first-order valence-electron chi connectivity index (χ1n) is 8.15. The van der Waals surface area contributed by atoms with Crippen LogP contribution in [-0.2, 0) is 14.4 Å². The number of aliphatic carboxylic acids is 1. The van der Waals surface area contributed by atoms with Gasteiger partial charge in [0.25, 0.3) is 0 Å². The summed E-state index contributed by atoms with van der Waals surface area (Å²) in [7, 11) is 0. The smallest absolute Gasteiger partial charge is 0.543 e. The van der Waals surface area contributed by atoms with Crippen molar-refractivity contribution in [3.8, 4) is 0 Å². The summed E-state index contributed by atoms with van der Waals surface area (Å²) in [6, 6.07) is 4.93. The number of carboxylic acid groups (broad SMARTS) is 1. The fraction of sp³-hybridized carbons (Fsp3) is 0.294. The van der Waals surface area contributed by atoms with Crippen molar-refractivity contribution in [3.63, 3.8) is 0 Å². The van der Waals surface area contributed by atoms with Crippen LogP contribution in [0, 0.1) is 5.92 Å². The third-order valence-corrected chi connectivity index (χ3v) is 6.87. The van der Waals surface area contributed by atoms with Gasteiger partial charge in [-0.3, -0.25) is 9.59 Å². The molecule has 140 valence electrons. The van der Waals surface area contributed by atoms with E-state index in [1.807, 2.05) is 0 Å². The second kappa shape index (κ2) is 8.13. The van der Waals surface area contributed by atoms with E-state index in [0.717, 1.165) is 10.2 Å². The van der Waals surface area contributed by atoms with E-state index < -0.39 is 23.9 Å². The molecule has 0 aliphatic carbocycles. The zero-order chi connectivity index (χ0) is 19.3. The van der Waals surface area contributed by atoms with Crippen LogP contribution in [-0.4, -0.2) is 45.4 Å². The van der Waals surface area contributed by atoms with Crippen LogP contribution in [0.25, 0.3) is 10.2 Å². The first-order chi connectivity index (χ1) is 12.9. The van der Waals surface area contributed by atoms with Crippen LogP contribution in [0.4, 0.5) is 5.69 Å². The summed E-state index contributed by atoms with van der Waals surface area (Å²) in [5.41, 5.74) is 1.24. The summed E-state index contributed by atoms with van der Waals surface area (Å²) < 4.78 is 1.48. The summed E-state index contributed by atoms with van der Waals surface area (Å²) in [5.74, 6) is -2.39. The number of aliphatic hydroxyl groups excluding tert-OH is 1. The average Bonchev–Trinajstić information content (AvgIpc) is 3.13. The van der Waals surface area contributed by atoms with E-state index in [2.05, 4.69) is 10.3 Å². The number of anilines is 1. The van der Waals surface area contributed by atoms with Gasteiger partial charge in [0.1, 0.15) is 0 Å². The minimum Gasteiger partial charge on any atom is -0.543 e. The molecule has 0 radical (unpaired) electrons. The van der Waals surface area contributed by atoms with E-state index in [-0.39, 0.29) is 41.3 Å². The van der Waals surface area contributed by atoms with Crippen LogP contribution >= 0.6 is 23.1 Å². The van der Waals surface area contributed by atoms with Crippen LogP contribution in [0.1, 0.15) is 13.3 Å². The maximum atomic E-state index is 12.2.